The molecule has 142 valence electrons. The third-order valence-corrected chi connectivity index (χ3v) is 5.12. The molecule has 0 radical (unpaired) electrons. The normalized spacial score (nSPS) is 21.0. The molecule has 1 N–H and O–H groups in total. The average molecular weight is 400 g/mol. The molecule has 0 spiro atoms. The Morgan fingerprint density at radius 1 is 1.12 bits per heavy atom. The Morgan fingerprint density at radius 2 is 1.81 bits per heavy atom. The fourth-order valence-electron chi connectivity index (χ4n) is 3.26. The van der Waals surface area contributed by atoms with Crippen LogP contribution in [0.4, 0.5) is 0 Å². The number of rotatable bonds is 5. The molecule has 1 aromatic rings. The number of halogens is 2. The van der Waals surface area contributed by atoms with Crippen LogP contribution in [0.2, 0.25) is 10.0 Å². The number of amides is 2. The number of hydrogen-bond donors (Lipinski definition) is 1. The molecule has 0 bridgehead atoms. The summed E-state index contributed by atoms with van der Waals surface area (Å²) >= 11 is 11.9. The van der Waals surface area contributed by atoms with Gasteiger partial charge >= 0.3 is 0 Å². The number of nitrogens with zero attached hydrogens (tertiary/aromatic N) is 2. The fraction of sp³-hybridized carbons (Fsp3) is 0.556. The van der Waals surface area contributed by atoms with E-state index < -0.39 is 0 Å². The van der Waals surface area contributed by atoms with Gasteiger partial charge in [-0.3, -0.25) is 14.5 Å². The summed E-state index contributed by atoms with van der Waals surface area (Å²) in [5.41, 5.74) is 0.491. The van der Waals surface area contributed by atoms with Gasteiger partial charge in [0.05, 0.1) is 12.6 Å². The molecular weight excluding hydrogens is 377 g/mol. The van der Waals surface area contributed by atoms with Crippen LogP contribution in [0.3, 0.4) is 0 Å². The molecule has 0 aliphatic carbocycles. The van der Waals surface area contributed by atoms with Crippen molar-refractivity contribution in [2.45, 2.75) is 18.9 Å². The topological polar surface area (TPSA) is 61.9 Å². The summed E-state index contributed by atoms with van der Waals surface area (Å²) in [5.74, 6) is -0.0845. The van der Waals surface area contributed by atoms with E-state index in [4.69, 9.17) is 27.9 Å². The number of carbonyl (C=O) groups is 2. The van der Waals surface area contributed by atoms with E-state index in [1.165, 1.54) is 0 Å². The maximum absolute atomic E-state index is 12.6. The Morgan fingerprint density at radius 3 is 2.42 bits per heavy atom. The molecule has 0 aromatic heterocycles. The molecule has 8 heteroatoms. The van der Waals surface area contributed by atoms with Gasteiger partial charge in [0.25, 0.3) is 5.91 Å². The van der Waals surface area contributed by atoms with Crippen molar-refractivity contribution in [1.29, 1.82) is 0 Å². The summed E-state index contributed by atoms with van der Waals surface area (Å²) in [7, 11) is 0. The lowest BCUT2D eigenvalue weighted by Gasteiger charge is -2.34. The molecule has 2 aliphatic rings. The van der Waals surface area contributed by atoms with Crippen LogP contribution in [-0.4, -0.2) is 73.6 Å². The van der Waals surface area contributed by atoms with E-state index in [-0.39, 0.29) is 17.9 Å². The number of piperazine rings is 1. The zero-order valence-corrected chi connectivity index (χ0v) is 16.1. The van der Waals surface area contributed by atoms with Crippen molar-refractivity contribution >= 4 is 35.0 Å². The van der Waals surface area contributed by atoms with Crippen LogP contribution >= 0.6 is 23.2 Å². The molecular formula is C18H23Cl2N3O3. The van der Waals surface area contributed by atoms with Crippen LogP contribution in [0.5, 0.6) is 0 Å². The molecule has 1 unspecified atom stereocenters. The van der Waals surface area contributed by atoms with Gasteiger partial charge in [-0.2, -0.15) is 0 Å². The molecule has 1 atom stereocenters. The zero-order chi connectivity index (χ0) is 18.5. The molecule has 2 heterocycles. The Bertz CT molecular complexity index is 637. The molecule has 26 heavy (non-hydrogen) atoms. The highest BCUT2D eigenvalue weighted by atomic mass is 35.5. The Labute approximate surface area is 163 Å². The van der Waals surface area contributed by atoms with E-state index >= 15 is 0 Å². The molecule has 0 saturated carbocycles. The van der Waals surface area contributed by atoms with Crippen molar-refractivity contribution in [3.63, 3.8) is 0 Å². The average Bonchev–Trinajstić information content (AvgIpc) is 3.13. The molecule has 2 aliphatic heterocycles. The lowest BCUT2D eigenvalue weighted by Crippen LogP contribution is -2.51. The van der Waals surface area contributed by atoms with Crippen molar-refractivity contribution in [2.75, 3.05) is 45.9 Å². The Balaban J connectivity index is 1.43. The van der Waals surface area contributed by atoms with Crippen LogP contribution < -0.4 is 5.32 Å². The van der Waals surface area contributed by atoms with E-state index in [1.54, 1.807) is 23.1 Å². The van der Waals surface area contributed by atoms with Crippen molar-refractivity contribution in [3.8, 4) is 0 Å². The minimum absolute atomic E-state index is 0.00176. The maximum Gasteiger partial charge on any atom is 0.254 e. The molecule has 6 nitrogen and oxygen atoms in total. The van der Waals surface area contributed by atoms with Gasteiger partial charge in [0.1, 0.15) is 0 Å². The highest BCUT2D eigenvalue weighted by molar-refractivity contribution is 6.35. The second kappa shape index (κ2) is 9.04. The summed E-state index contributed by atoms with van der Waals surface area (Å²) in [6, 6.07) is 4.86. The second-order valence-corrected chi connectivity index (χ2v) is 7.54. The van der Waals surface area contributed by atoms with Gasteiger partial charge in [-0.15, -0.1) is 0 Å². The van der Waals surface area contributed by atoms with Crippen LogP contribution in [-0.2, 0) is 9.53 Å². The smallest absolute Gasteiger partial charge is 0.254 e. The first kappa shape index (κ1) is 19.4. The summed E-state index contributed by atoms with van der Waals surface area (Å²) in [6.07, 6.45) is 2.22. The predicted molar refractivity (Wildman–Crippen MR) is 101 cm³/mol. The van der Waals surface area contributed by atoms with E-state index in [0.29, 0.717) is 54.9 Å². The molecule has 2 amide bonds. The maximum atomic E-state index is 12.6. The van der Waals surface area contributed by atoms with E-state index in [2.05, 4.69) is 10.2 Å². The van der Waals surface area contributed by atoms with Gasteiger partial charge in [-0.25, -0.2) is 0 Å². The number of benzene rings is 1. The first-order valence-electron chi connectivity index (χ1n) is 8.87. The second-order valence-electron chi connectivity index (χ2n) is 6.67. The Kier molecular flexibility index (Phi) is 6.75. The number of carbonyl (C=O) groups excluding carboxylic acids is 2. The molecule has 2 saturated heterocycles. The first-order chi connectivity index (χ1) is 12.5. The first-order valence-corrected chi connectivity index (χ1v) is 9.63. The lowest BCUT2D eigenvalue weighted by molar-refractivity contribution is -0.123. The quantitative estimate of drug-likeness (QED) is 0.822. The highest BCUT2D eigenvalue weighted by Crippen LogP contribution is 2.20. The zero-order valence-electron chi connectivity index (χ0n) is 14.5. The van der Waals surface area contributed by atoms with Gasteiger partial charge in [0.2, 0.25) is 5.91 Å². The van der Waals surface area contributed by atoms with Crippen LogP contribution in [0.1, 0.15) is 23.2 Å². The van der Waals surface area contributed by atoms with Crippen molar-refractivity contribution in [3.05, 3.63) is 33.8 Å². The van der Waals surface area contributed by atoms with Crippen LogP contribution in [0, 0.1) is 0 Å². The number of hydrogen-bond acceptors (Lipinski definition) is 4. The van der Waals surface area contributed by atoms with Crippen molar-refractivity contribution in [2.24, 2.45) is 0 Å². The standard InChI is InChI=1S/C18H23Cl2N3O3/c19-14-8-13(9-15(20)10-14)18(25)23-5-3-22(4-6-23)12-17(24)21-11-16-2-1-7-26-16/h8-10,16H,1-7,11-12H2,(H,21,24). The van der Waals surface area contributed by atoms with E-state index in [9.17, 15) is 9.59 Å². The number of ether oxygens (including phenoxy) is 1. The lowest BCUT2D eigenvalue weighted by atomic mass is 10.2. The minimum atomic E-state index is -0.0862. The van der Waals surface area contributed by atoms with E-state index in [0.717, 1.165) is 19.4 Å². The SMILES string of the molecule is O=C(CN1CCN(C(=O)c2cc(Cl)cc(Cl)c2)CC1)NCC1CCCO1. The van der Waals surface area contributed by atoms with Crippen molar-refractivity contribution < 1.29 is 14.3 Å². The summed E-state index contributed by atoms with van der Waals surface area (Å²) in [5, 5.41) is 3.82. The third-order valence-electron chi connectivity index (χ3n) is 4.69. The van der Waals surface area contributed by atoms with Gasteiger partial charge in [-0.1, -0.05) is 23.2 Å². The molecule has 3 rings (SSSR count). The Hall–Kier alpha value is -1.34. The minimum Gasteiger partial charge on any atom is -0.376 e. The largest absolute Gasteiger partial charge is 0.376 e. The number of nitrogens with one attached hydrogen (secondary N) is 1. The van der Waals surface area contributed by atoms with Gasteiger partial charge in [0, 0.05) is 54.9 Å². The van der Waals surface area contributed by atoms with Gasteiger partial charge in [-0.05, 0) is 31.0 Å². The monoisotopic (exact) mass is 399 g/mol. The van der Waals surface area contributed by atoms with Crippen molar-refractivity contribution in [1.82, 2.24) is 15.1 Å². The summed E-state index contributed by atoms with van der Waals surface area (Å²) < 4.78 is 5.50. The summed E-state index contributed by atoms with van der Waals surface area (Å²) in [6.45, 7) is 4.17. The van der Waals surface area contributed by atoms with E-state index in [1.807, 2.05) is 0 Å². The van der Waals surface area contributed by atoms with Crippen LogP contribution in [0.25, 0.3) is 0 Å². The fourth-order valence-corrected chi connectivity index (χ4v) is 3.79. The van der Waals surface area contributed by atoms with Gasteiger partial charge in [0.15, 0.2) is 0 Å². The molecule has 2 fully saturated rings. The molecule has 1 aromatic carbocycles. The summed E-state index contributed by atoms with van der Waals surface area (Å²) in [4.78, 5) is 28.5. The third kappa shape index (κ3) is 5.33. The predicted octanol–water partition coefficient (Wildman–Crippen LogP) is 2.05. The van der Waals surface area contributed by atoms with Crippen LogP contribution in [0.15, 0.2) is 18.2 Å². The van der Waals surface area contributed by atoms with Gasteiger partial charge < -0.3 is 15.0 Å². The highest BCUT2D eigenvalue weighted by Gasteiger charge is 2.24.